The van der Waals surface area contributed by atoms with Crippen LogP contribution in [0.4, 0.5) is 0 Å². The van der Waals surface area contributed by atoms with Gasteiger partial charge in [-0.2, -0.15) is 0 Å². The van der Waals surface area contributed by atoms with Crippen LogP contribution in [0, 0.1) is 0 Å². The van der Waals surface area contributed by atoms with Crippen molar-refractivity contribution in [2.24, 2.45) is 5.73 Å². The van der Waals surface area contributed by atoms with Crippen LogP contribution < -0.4 is 5.73 Å². The first-order chi connectivity index (χ1) is 5.04. The van der Waals surface area contributed by atoms with E-state index in [4.69, 9.17) is 5.73 Å². The Kier molecular flexibility index (Phi) is 3.74. The molecule has 0 aliphatic carbocycles. The van der Waals surface area contributed by atoms with Gasteiger partial charge in [-0.15, -0.1) is 0 Å². The summed E-state index contributed by atoms with van der Waals surface area (Å²) in [6, 6.07) is 0. The SMILES string of the molecule is CCOC(=O)C(C)(N)CC=O. The molecule has 1 atom stereocenters. The molecular formula is C7H13NO3. The van der Waals surface area contributed by atoms with Gasteiger partial charge in [0, 0.05) is 6.42 Å². The van der Waals surface area contributed by atoms with Crippen LogP contribution in [0.1, 0.15) is 20.3 Å². The summed E-state index contributed by atoms with van der Waals surface area (Å²) in [5.74, 6) is -0.535. The third-order valence-electron chi connectivity index (χ3n) is 1.25. The number of aldehydes is 1. The molecule has 0 aromatic heterocycles. The van der Waals surface area contributed by atoms with E-state index >= 15 is 0 Å². The van der Waals surface area contributed by atoms with Crippen molar-refractivity contribution < 1.29 is 14.3 Å². The Morgan fingerprint density at radius 3 is 2.64 bits per heavy atom. The largest absolute Gasteiger partial charge is 0.465 e. The Bertz CT molecular complexity index is 154. The molecule has 64 valence electrons. The van der Waals surface area contributed by atoms with E-state index in [-0.39, 0.29) is 13.0 Å². The molecule has 4 heteroatoms. The lowest BCUT2D eigenvalue weighted by Gasteiger charge is -2.18. The van der Waals surface area contributed by atoms with Crippen molar-refractivity contribution in [1.82, 2.24) is 0 Å². The van der Waals surface area contributed by atoms with Crippen molar-refractivity contribution in [1.29, 1.82) is 0 Å². The average Bonchev–Trinajstić information content (AvgIpc) is 1.88. The van der Waals surface area contributed by atoms with E-state index in [9.17, 15) is 9.59 Å². The van der Waals surface area contributed by atoms with Gasteiger partial charge >= 0.3 is 5.97 Å². The number of ether oxygens (including phenoxy) is 1. The van der Waals surface area contributed by atoms with E-state index in [2.05, 4.69) is 4.74 Å². The Morgan fingerprint density at radius 2 is 2.27 bits per heavy atom. The van der Waals surface area contributed by atoms with E-state index < -0.39 is 11.5 Å². The van der Waals surface area contributed by atoms with Crippen LogP contribution in [-0.4, -0.2) is 24.4 Å². The number of esters is 1. The highest BCUT2D eigenvalue weighted by molar-refractivity contribution is 5.83. The molecule has 0 radical (unpaired) electrons. The lowest BCUT2D eigenvalue weighted by molar-refractivity contribution is -0.149. The Hall–Kier alpha value is -0.900. The second-order valence-corrected chi connectivity index (χ2v) is 2.51. The molecule has 0 amide bonds. The first-order valence-electron chi connectivity index (χ1n) is 3.44. The molecule has 0 bridgehead atoms. The maximum atomic E-state index is 10.9. The molecule has 0 fully saturated rings. The van der Waals surface area contributed by atoms with Crippen molar-refractivity contribution in [3.05, 3.63) is 0 Å². The molecule has 2 N–H and O–H groups in total. The minimum Gasteiger partial charge on any atom is -0.465 e. The van der Waals surface area contributed by atoms with Gasteiger partial charge in [-0.05, 0) is 13.8 Å². The average molecular weight is 159 g/mol. The number of rotatable bonds is 4. The molecule has 0 aliphatic heterocycles. The molecule has 1 unspecified atom stereocenters. The molecule has 4 nitrogen and oxygen atoms in total. The highest BCUT2D eigenvalue weighted by Gasteiger charge is 2.28. The van der Waals surface area contributed by atoms with Gasteiger partial charge in [0.05, 0.1) is 6.61 Å². The summed E-state index contributed by atoms with van der Waals surface area (Å²) < 4.78 is 4.64. The number of carbonyl (C=O) groups is 2. The van der Waals surface area contributed by atoms with Gasteiger partial charge in [-0.1, -0.05) is 0 Å². The van der Waals surface area contributed by atoms with Gasteiger partial charge in [0.15, 0.2) is 0 Å². The van der Waals surface area contributed by atoms with Crippen molar-refractivity contribution in [3.63, 3.8) is 0 Å². The van der Waals surface area contributed by atoms with Crippen LogP contribution in [-0.2, 0) is 14.3 Å². The summed E-state index contributed by atoms with van der Waals surface area (Å²) in [5, 5.41) is 0. The molecule has 0 spiro atoms. The number of hydrogen-bond donors (Lipinski definition) is 1. The summed E-state index contributed by atoms with van der Waals surface area (Å²) >= 11 is 0. The summed E-state index contributed by atoms with van der Waals surface area (Å²) in [5.41, 5.74) is 4.28. The van der Waals surface area contributed by atoms with Crippen LogP contribution >= 0.6 is 0 Å². The summed E-state index contributed by atoms with van der Waals surface area (Å²) in [7, 11) is 0. The summed E-state index contributed by atoms with van der Waals surface area (Å²) in [6.07, 6.45) is 0.600. The molecule has 0 rings (SSSR count). The Labute approximate surface area is 65.7 Å². The minimum atomic E-state index is -1.17. The van der Waals surface area contributed by atoms with E-state index in [1.807, 2.05) is 0 Å². The number of nitrogens with two attached hydrogens (primary N) is 1. The van der Waals surface area contributed by atoms with Gasteiger partial charge in [0.25, 0.3) is 0 Å². The van der Waals surface area contributed by atoms with E-state index in [0.29, 0.717) is 6.29 Å². The topological polar surface area (TPSA) is 69.4 Å². The minimum absolute atomic E-state index is 0.00810. The number of hydrogen-bond acceptors (Lipinski definition) is 4. The van der Waals surface area contributed by atoms with Gasteiger partial charge < -0.3 is 15.3 Å². The van der Waals surface area contributed by atoms with Gasteiger partial charge in [-0.3, -0.25) is 4.79 Å². The maximum Gasteiger partial charge on any atom is 0.326 e. The quantitative estimate of drug-likeness (QED) is 0.457. The van der Waals surface area contributed by atoms with Crippen LogP contribution in [0.2, 0.25) is 0 Å². The van der Waals surface area contributed by atoms with Crippen molar-refractivity contribution in [2.45, 2.75) is 25.8 Å². The fourth-order valence-electron chi connectivity index (χ4n) is 0.552. The van der Waals surface area contributed by atoms with Crippen molar-refractivity contribution in [2.75, 3.05) is 6.61 Å². The molecule has 0 saturated heterocycles. The zero-order chi connectivity index (χ0) is 8.91. The van der Waals surface area contributed by atoms with Crippen molar-refractivity contribution >= 4 is 12.3 Å². The molecule has 0 saturated carbocycles. The highest BCUT2D eigenvalue weighted by Crippen LogP contribution is 2.05. The van der Waals surface area contributed by atoms with Gasteiger partial charge in [0.1, 0.15) is 11.8 Å². The zero-order valence-corrected chi connectivity index (χ0v) is 6.79. The van der Waals surface area contributed by atoms with E-state index in [0.717, 1.165) is 0 Å². The highest BCUT2D eigenvalue weighted by atomic mass is 16.5. The third kappa shape index (κ3) is 3.13. The Balaban J connectivity index is 4.05. The molecule has 11 heavy (non-hydrogen) atoms. The molecular weight excluding hydrogens is 146 g/mol. The second-order valence-electron chi connectivity index (χ2n) is 2.51. The summed E-state index contributed by atoms with van der Waals surface area (Å²) in [4.78, 5) is 21.0. The van der Waals surface area contributed by atoms with Gasteiger partial charge in [-0.25, -0.2) is 0 Å². The van der Waals surface area contributed by atoms with Crippen LogP contribution in [0.5, 0.6) is 0 Å². The molecule has 0 aliphatic rings. The fourth-order valence-corrected chi connectivity index (χ4v) is 0.552. The molecule has 0 aromatic rings. The maximum absolute atomic E-state index is 10.9. The fraction of sp³-hybridized carbons (Fsp3) is 0.714. The van der Waals surface area contributed by atoms with Gasteiger partial charge in [0.2, 0.25) is 0 Å². The van der Waals surface area contributed by atoms with Crippen molar-refractivity contribution in [3.8, 4) is 0 Å². The monoisotopic (exact) mass is 159 g/mol. The Morgan fingerprint density at radius 1 is 1.73 bits per heavy atom. The molecule has 0 aromatic carbocycles. The third-order valence-corrected chi connectivity index (χ3v) is 1.25. The summed E-state index contributed by atoms with van der Waals surface area (Å²) in [6.45, 7) is 3.44. The lowest BCUT2D eigenvalue weighted by atomic mass is 10.0. The first-order valence-corrected chi connectivity index (χ1v) is 3.44. The lowest BCUT2D eigenvalue weighted by Crippen LogP contribution is -2.46. The van der Waals surface area contributed by atoms with E-state index in [1.54, 1.807) is 6.92 Å². The standard InChI is InChI=1S/C7H13NO3/c1-3-11-6(10)7(2,8)4-5-9/h5H,3-4,8H2,1-2H3. The van der Waals surface area contributed by atoms with Crippen LogP contribution in [0.15, 0.2) is 0 Å². The normalized spacial score (nSPS) is 15.2. The number of carbonyl (C=O) groups excluding carboxylic acids is 2. The predicted molar refractivity (Wildman–Crippen MR) is 39.9 cm³/mol. The zero-order valence-electron chi connectivity index (χ0n) is 6.79. The van der Waals surface area contributed by atoms with E-state index in [1.165, 1.54) is 6.92 Å². The smallest absolute Gasteiger partial charge is 0.326 e. The van der Waals surface area contributed by atoms with Crippen LogP contribution in [0.25, 0.3) is 0 Å². The van der Waals surface area contributed by atoms with Crippen LogP contribution in [0.3, 0.4) is 0 Å². The predicted octanol–water partition coefficient (Wildman–Crippen LogP) is -0.144. The second kappa shape index (κ2) is 4.08. The molecule has 0 heterocycles. The first kappa shape index (κ1) is 10.1.